The van der Waals surface area contributed by atoms with E-state index in [2.05, 4.69) is 27.6 Å². The maximum absolute atomic E-state index is 9.71. The van der Waals surface area contributed by atoms with Gasteiger partial charge in [0.15, 0.2) is 0 Å². The molecule has 82 valence electrons. The molecule has 1 aliphatic carbocycles. The van der Waals surface area contributed by atoms with Crippen LogP contribution in [0.4, 0.5) is 0 Å². The first-order chi connectivity index (χ1) is 6.11. The zero-order valence-electron chi connectivity index (χ0n) is 9.19. The van der Waals surface area contributed by atoms with Crippen molar-refractivity contribution >= 4 is 6.79 Å². The quantitative estimate of drug-likeness (QED) is 0.770. The summed E-state index contributed by atoms with van der Waals surface area (Å²) in [5, 5.41) is 9.71. The van der Waals surface area contributed by atoms with Gasteiger partial charge in [0, 0.05) is 21.1 Å². The molecule has 1 N–H and O–H groups in total. The van der Waals surface area contributed by atoms with E-state index >= 15 is 0 Å². The fourth-order valence-corrected chi connectivity index (χ4v) is 2.15. The summed E-state index contributed by atoms with van der Waals surface area (Å²) >= 11 is 0. The van der Waals surface area contributed by atoms with Gasteiger partial charge in [-0.3, -0.25) is 4.79 Å². The van der Waals surface area contributed by atoms with Gasteiger partial charge in [-0.1, -0.05) is 27.2 Å². The van der Waals surface area contributed by atoms with Crippen LogP contribution in [0.15, 0.2) is 0 Å². The molecule has 1 aliphatic rings. The summed E-state index contributed by atoms with van der Waals surface area (Å²) in [5.74, 6) is 1.95. The summed E-state index contributed by atoms with van der Waals surface area (Å²) in [6.45, 7) is 11.2. The molecule has 0 spiro atoms. The molecule has 2 radical (unpaired) electrons. The maximum Gasteiger partial charge on any atom is 0.281 e. The SMILES string of the molecule is CC1CCC(C(C)C)C(O)C1.[C]=O.[W]. The van der Waals surface area contributed by atoms with Crippen LogP contribution in [0.1, 0.15) is 40.0 Å². The van der Waals surface area contributed by atoms with Gasteiger partial charge in [-0.25, -0.2) is 0 Å². The molecular formula is C11H20O2W. The number of carbonyl (C=O) groups excluding carboxylic acids is 1. The second-order valence-corrected chi connectivity index (χ2v) is 4.39. The van der Waals surface area contributed by atoms with Crippen LogP contribution in [0.5, 0.6) is 0 Å². The van der Waals surface area contributed by atoms with Gasteiger partial charge in [0.25, 0.3) is 6.79 Å². The topological polar surface area (TPSA) is 37.3 Å². The Kier molecular flexibility index (Phi) is 10.3. The average molecular weight is 368 g/mol. The molecule has 3 heteroatoms. The van der Waals surface area contributed by atoms with Gasteiger partial charge in [-0.2, -0.15) is 0 Å². The van der Waals surface area contributed by atoms with Crippen molar-refractivity contribution in [2.45, 2.75) is 46.1 Å². The van der Waals surface area contributed by atoms with E-state index in [9.17, 15) is 5.11 Å². The normalized spacial score (nSPS) is 31.4. The molecule has 1 fully saturated rings. The summed E-state index contributed by atoms with van der Waals surface area (Å²) in [6.07, 6.45) is 3.52. The second-order valence-electron chi connectivity index (χ2n) is 4.39. The minimum Gasteiger partial charge on any atom is -0.393 e. The summed E-state index contributed by atoms with van der Waals surface area (Å²) in [6, 6.07) is 0. The first kappa shape index (κ1) is 16.7. The molecular weight excluding hydrogens is 348 g/mol. The van der Waals surface area contributed by atoms with Crippen molar-refractivity contribution in [2.24, 2.45) is 17.8 Å². The first-order valence-corrected chi connectivity index (χ1v) is 4.99. The van der Waals surface area contributed by atoms with E-state index in [1.165, 1.54) is 12.8 Å². The molecule has 14 heavy (non-hydrogen) atoms. The van der Waals surface area contributed by atoms with E-state index in [0.29, 0.717) is 11.8 Å². The van der Waals surface area contributed by atoms with Crippen molar-refractivity contribution in [1.82, 2.24) is 0 Å². The summed E-state index contributed by atoms with van der Waals surface area (Å²) in [4.78, 5) is 7.50. The van der Waals surface area contributed by atoms with Crippen LogP contribution >= 0.6 is 0 Å². The molecule has 0 amide bonds. The van der Waals surface area contributed by atoms with Crippen LogP contribution in [0, 0.1) is 17.8 Å². The molecule has 0 heterocycles. The molecule has 0 aromatic carbocycles. The summed E-state index contributed by atoms with van der Waals surface area (Å²) < 4.78 is 0. The fraction of sp³-hybridized carbons (Fsp3) is 0.909. The van der Waals surface area contributed by atoms with Crippen LogP contribution in [0.3, 0.4) is 0 Å². The summed E-state index contributed by atoms with van der Waals surface area (Å²) in [7, 11) is 0. The molecule has 0 aromatic rings. The molecule has 0 aliphatic heterocycles. The first-order valence-electron chi connectivity index (χ1n) is 4.99. The number of hydrogen-bond acceptors (Lipinski definition) is 2. The van der Waals surface area contributed by atoms with Gasteiger partial charge in [0.1, 0.15) is 0 Å². The third-order valence-corrected chi connectivity index (χ3v) is 2.99. The zero-order chi connectivity index (χ0) is 10.4. The smallest absolute Gasteiger partial charge is 0.281 e. The van der Waals surface area contributed by atoms with E-state index in [1.807, 2.05) is 0 Å². The number of aliphatic hydroxyl groups is 1. The van der Waals surface area contributed by atoms with E-state index in [4.69, 9.17) is 4.79 Å². The molecule has 0 saturated heterocycles. The largest absolute Gasteiger partial charge is 0.393 e. The Hall–Kier alpha value is 0.318. The van der Waals surface area contributed by atoms with E-state index < -0.39 is 0 Å². The standard InChI is InChI=1S/C10H20O.CO.W/c1-7(2)9-5-4-8(3)6-10(9)11;1-2;/h7-11H,4-6H2,1-3H3;;. The molecule has 0 bridgehead atoms. The number of aliphatic hydroxyl groups excluding tert-OH is 1. The Balaban J connectivity index is 0. The average Bonchev–Trinajstić information content (AvgIpc) is 2.07. The maximum atomic E-state index is 9.71. The van der Waals surface area contributed by atoms with Crippen molar-refractivity contribution < 1.29 is 31.0 Å². The minimum absolute atomic E-state index is 0. The molecule has 3 unspecified atom stereocenters. The van der Waals surface area contributed by atoms with E-state index in [1.54, 1.807) is 0 Å². The third-order valence-electron chi connectivity index (χ3n) is 2.99. The van der Waals surface area contributed by atoms with Crippen LogP contribution in [0.2, 0.25) is 0 Å². The van der Waals surface area contributed by atoms with Gasteiger partial charge in [-0.15, -0.1) is 0 Å². The number of hydrogen-bond donors (Lipinski definition) is 1. The van der Waals surface area contributed by atoms with Crippen molar-refractivity contribution in [2.75, 3.05) is 0 Å². The van der Waals surface area contributed by atoms with Gasteiger partial charge in [0.05, 0.1) is 6.10 Å². The van der Waals surface area contributed by atoms with Crippen molar-refractivity contribution in [3.8, 4) is 0 Å². The van der Waals surface area contributed by atoms with Crippen LogP contribution in [0.25, 0.3) is 0 Å². The predicted octanol–water partition coefficient (Wildman–Crippen LogP) is 2.04. The van der Waals surface area contributed by atoms with Crippen molar-refractivity contribution in [3.63, 3.8) is 0 Å². The molecule has 1 rings (SSSR count). The second kappa shape index (κ2) is 8.61. The van der Waals surface area contributed by atoms with E-state index in [0.717, 1.165) is 12.3 Å². The fourth-order valence-electron chi connectivity index (χ4n) is 2.15. The van der Waals surface area contributed by atoms with Gasteiger partial charge in [-0.05, 0) is 30.6 Å². The third kappa shape index (κ3) is 5.26. The molecule has 2 nitrogen and oxygen atoms in total. The van der Waals surface area contributed by atoms with Gasteiger partial charge in [0.2, 0.25) is 0 Å². The van der Waals surface area contributed by atoms with Crippen LogP contribution in [-0.2, 0) is 25.9 Å². The molecule has 1 saturated carbocycles. The van der Waals surface area contributed by atoms with Crippen LogP contribution < -0.4 is 0 Å². The van der Waals surface area contributed by atoms with E-state index in [-0.39, 0.29) is 27.2 Å². The summed E-state index contributed by atoms with van der Waals surface area (Å²) in [5.41, 5.74) is 0. The molecule has 3 atom stereocenters. The Morgan fingerprint density at radius 2 is 1.79 bits per heavy atom. The predicted molar refractivity (Wildman–Crippen MR) is 53.0 cm³/mol. The van der Waals surface area contributed by atoms with Crippen molar-refractivity contribution in [1.29, 1.82) is 0 Å². The Bertz CT molecular complexity index is 139. The monoisotopic (exact) mass is 368 g/mol. The number of rotatable bonds is 1. The van der Waals surface area contributed by atoms with Crippen LogP contribution in [-0.4, -0.2) is 18.0 Å². The van der Waals surface area contributed by atoms with Gasteiger partial charge >= 0.3 is 0 Å². The Morgan fingerprint density at radius 1 is 1.29 bits per heavy atom. The minimum atomic E-state index is -0.0289. The zero-order valence-corrected chi connectivity index (χ0v) is 12.1. The van der Waals surface area contributed by atoms with Crippen molar-refractivity contribution in [3.05, 3.63) is 0 Å². The molecule has 0 aromatic heterocycles. The Labute approximate surface area is 102 Å². The Morgan fingerprint density at radius 3 is 2.14 bits per heavy atom. The van der Waals surface area contributed by atoms with Gasteiger partial charge < -0.3 is 5.11 Å².